The van der Waals surface area contributed by atoms with E-state index in [1.807, 2.05) is 32.0 Å². The Labute approximate surface area is 146 Å². The van der Waals surface area contributed by atoms with Gasteiger partial charge in [0.2, 0.25) is 5.91 Å². The average molecular weight is 337 g/mol. The maximum atomic E-state index is 12.4. The number of benzene rings is 2. The highest BCUT2D eigenvalue weighted by atomic mass is 16.5. The van der Waals surface area contributed by atoms with Crippen LogP contribution in [0.25, 0.3) is 0 Å². The van der Waals surface area contributed by atoms with E-state index in [1.165, 1.54) is 0 Å². The lowest BCUT2D eigenvalue weighted by Crippen LogP contribution is -2.28. The summed E-state index contributed by atoms with van der Waals surface area (Å²) in [6, 6.07) is 12.2. The van der Waals surface area contributed by atoms with Gasteiger partial charge in [0.05, 0.1) is 5.92 Å². The lowest BCUT2D eigenvalue weighted by atomic mass is 10.1. The van der Waals surface area contributed by atoms with Gasteiger partial charge in [0, 0.05) is 24.2 Å². The molecular formula is C20H19NO4. The Hall–Kier alpha value is -2.95. The van der Waals surface area contributed by atoms with Gasteiger partial charge in [0.25, 0.3) is 0 Å². The first-order chi connectivity index (χ1) is 12.0. The molecular weight excluding hydrogens is 318 g/mol. The van der Waals surface area contributed by atoms with Crippen molar-refractivity contribution >= 4 is 23.9 Å². The third-order valence-corrected chi connectivity index (χ3v) is 4.40. The molecule has 1 atom stereocenters. The van der Waals surface area contributed by atoms with Gasteiger partial charge in [-0.1, -0.05) is 18.2 Å². The van der Waals surface area contributed by atoms with Crippen LogP contribution >= 0.6 is 0 Å². The highest BCUT2D eigenvalue weighted by Crippen LogP contribution is 2.31. The second kappa shape index (κ2) is 6.89. The zero-order valence-corrected chi connectivity index (χ0v) is 14.2. The van der Waals surface area contributed by atoms with E-state index in [1.54, 1.807) is 29.2 Å². The molecule has 5 heteroatoms. The zero-order valence-electron chi connectivity index (χ0n) is 14.2. The van der Waals surface area contributed by atoms with Crippen molar-refractivity contribution in [3.8, 4) is 5.75 Å². The molecule has 0 bridgehead atoms. The van der Waals surface area contributed by atoms with E-state index in [-0.39, 0.29) is 12.3 Å². The molecule has 0 aromatic heterocycles. The SMILES string of the molecule is Cc1cccc(C)c1N1C[C@@H](C(=O)Oc2ccc(C=O)cc2)CC1=O. The number of aldehydes is 1. The molecule has 0 unspecified atom stereocenters. The van der Waals surface area contributed by atoms with Crippen LogP contribution in [0.1, 0.15) is 27.9 Å². The number of rotatable bonds is 4. The third kappa shape index (κ3) is 3.45. The van der Waals surface area contributed by atoms with E-state index >= 15 is 0 Å². The first kappa shape index (κ1) is 16.9. The standard InChI is InChI=1S/C20H19NO4/c1-13-4-3-5-14(2)19(13)21-11-16(10-18(21)23)20(24)25-17-8-6-15(12-22)7-9-17/h3-9,12,16H,10-11H2,1-2H3/t16-/m0/s1. The molecule has 25 heavy (non-hydrogen) atoms. The van der Waals surface area contributed by atoms with Crippen molar-refractivity contribution < 1.29 is 19.1 Å². The molecule has 128 valence electrons. The van der Waals surface area contributed by atoms with Crippen LogP contribution in [0.4, 0.5) is 5.69 Å². The Morgan fingerprint density at radius 3 is 2.36 bits per heavy atom. The number of anilines is 1. The number of ether oxygens (including phenoxy) is 1. The Balaban J connectivity index is 1.73. The van der Waals surface area contributed by atoms with Crippen LogP contribution in [-0.4, -0.2) is 24.7 Å². The average Bonchev–Trinajstić information content (AvgIpc) is 2.97. The van der Waals surface area contributed by atoms with Crippen LogP contribution in [0.2, 0.25) is 0 Å². The number of nitrogens with zero attached hydrogens (tertiary/aromatic N) is 1. The minimum Gasteiger partial charge on any atom is -0.426 e. The van der Waals surface area contributed by atoms with Gasteiger partial charge in [-0.25, -0.2) is 0 Å². The molecule has 0 spiro atoms. The van der Waals surface area contributed by atoms with E-state index in [0.717, 1.165) is 23.1 Å². The van der Waals surface area contributed by atoms with Gasteiger partial charge in [0.15, 0.2) is 0 Å². The fraction of sp³-hybridized carbons (Fsp3) is 0.250. The summed E-state index contributed by atoms with van der Waals surface area (Å²) in [4.78, 5) is 37.1. The lowest BCUT2D eigenvalue weighted by molar-refractivity contribution is -0.139. The van der Waals surface area contributed by atoms with Gasteiger partial charge >= 0.3 is 5.97 Å². The summed E-state index contributed by atoms with van der Waals surface area (Å²) in [6.45, 7) is 4.22. The van der Waals surface area contributed by atoms with Gasteiger partial charge in [-0.05, 0) is 49.2 Å². The number of esters is 1. The number of carbonyl (C=O) groups is 3. The van der Waals surface area contributed by atoms with E-state index in [4.69, 9.17) is 4.74 Å². The summed E-state index contributed by atoms with van der Waals surface area (Å²) in [7, 11) is 0. The van der Waals surface area contributed by atoms with Crippen molar-refractivity contribution in [2.45, 2.75) is 20.3 Å². The molecule has 1 heterocycles. The van der Waals surface area contributed by atoms with E-state index in [2.05, 4.69) is 0 Å². The predicted molar refractivity (Wildman–Crippen MR) is 93.8 cm³/mol. The van der Waals surface area contributed by atoms with Crippen LogP contribution in [0.5, 0.6) is 5.75 Å². The number of amides is 1. The minimum atomic E-state index is -0.503. The second-order valence-corrected chi connectivity index (χ2v) is 6.25. The maximum absolute atomic E-state index is 12.4. The van der Waals surface area contributed by atoms with Crippen molar-refractivity contribution in [3.05, 3.63) is 59.2 Å². The zero-order chi connectivity index (χ0) is 18.0. The topological polar surface area (TPSA) is 63.7 Å². The van der Waals surface area contributed by atoms with E-state index < -0.39 is 11.9 Å². The second-order valence-electron chi connectivity index (χ2n) is 6.25. The van der Waals surface area contributed by atoms with E-state index in [9.17, 15) is 14.4 Å². The van der Waals surface area contributed by atoms with Crippen LogP contribution in [-0.2, 0) is 9.59 Å². The Bertz CT molecular complexity index is 806. The van der Waals surface area contributed by atoms with Crippen molar-refractivity contribution in [2.75, 3.05) is 11.4 Å². The molecule has 2 aromatic carbocycles. The molecule has 2 aromatic rings. The Morgan fingerprint density at radius 1 is 1.12 bits per heavy atom. The predicted octanol–water partition coefficient (Wildman–Crippen LogP) is 3.07. The molecule has 0 radical (unpaired) electrons. The summed E-state index contributed by atoms with van der Waals surface area (Å²) in [5.41, 5.74) is 3.40. The van der Waals surface area contributed by atoms with Crippen molar-refractivity contribution in [1.82, 2.24) is 0 Å². The molecule has 3 rings (SSSR count). The fourth-order valence-electron chi connectivity index (χ4n) is 3.13. The van der Waals surface area contributed by atoms with Crippen LogP contribution in [0, 0.1) is 19.8 Å². The summed E-state index contributed by atoms with van der Waals surface area (Å²) in [6.07, 6.45) is 0.864. The van der Waals surface area contributed by atoms with Gasteiger partial charge in [-0.3, -0.25) is 14.4 Å². The molecule has 1 saturated heterocycles. The first-order valence-corrected chi connectivity index (χ1v) is 8.13. The highest BCUT2D eigenvalue weighted by molar-refractivity contribution is 6.00. The fourth-order valence-corrected chi connectivity index (χ4v) is 3.13. The summed E-state index contributed by atoms with van der Waals surface area (Å²) >= 11 is 0. The monoisotopic (exact) mass is 337 g/mol. The molecule has 1 aliphatic heterocycles. The number of para-hydroxylation sites is 1. The first-order valence-electron chi connectivity index (χ1n) is 8.13. The molecule has 5 nitrogen and oxygen atoms in total. The summed E-state index contributed by atoms with van der Waals surface area (Å²) in [5, 5.41) is 0. The van der Waals surface area contributed by atoms with Crippen LogP contribution < -0.4 is 9.64 Å². The molecule has 1 fully saturated rings. The molecule has 0 aliphatic carbocycles. The number of hydrogen-bond donors (Lipinski definition) is 0. The minimum absolute atomic E-state index is 0.0735. The lowest BCUT2D eigenvalue weighted by Gasteiger charge is -2.21. The highest BCUT2D eigenvalue weighted by Gasteiger charge is 2.37. The van der Waals surface area contributed by atoms with Crippen molar-refractivity contribution in [1.29, 1.82) is 0 Å². The third-order valence-electron chi connectivity index (χ3n) is 4.40. The molecule has 0 saturated carbocycles. The molecule has 0 N–H and O–H groups in total. The van der Waals surface area contributed by atoms with Crippen molar-refractivity contribution in [2.24, 2.45) is 5.92 Å². The summed E-state index contributed by atoms with van der Waals surface area (Å²) < 4.78 is 5.36. The van der Waals surface area contributed by atoms with Gasteiger partial charge in [-0.15, -0.1) is 0 Å². The van der Waals surface area contributed by atoms with Gasteiger partial charge < -0.3 is 9.64 Å². The molecule has 1 aliphatic rings. The Morgan fingerprint density at radius 2 is 1.76 bits per heavy atom. The summed E-state index contributed by atoms with van der Waals surface area (Å²) in [5.74, 6) is -0.637. The van der Waals surface area contributed by atoms with Crippen LogP contribution in [0.15, 0.2) is 42.5 Å². The maximum Gasteiger partial charge on any atom is 0.316 e. The normalized spacial score (nSPS) is 16.8. The Kier molecular flexibility index (Phi) is 4.65. The smallest absolute Gasteiger partial charge is 0.316 e. The van der Waals surface area contributed by atoms with Gasteiger partial charge in [-0.2, -0.15) is 0 Å². The van der Waals surface area contributed by atoms with Crippen molar-refractivity contribution in [3.63, 3.8) is 0 Å². The molecule has 1 amide bonds. The largest absolute Gasteiger partial charge is 0.426 e. The number of aryl methyl sites for hydroxylation is 2. The van der Waals surface area contributed by atoms with E-state index in [0.29, 0.717) is 17.9 Å². The number of carbonyl (C=O) groups excluding carboxylic acids is 3. The van der Waals surface area contributed by atoms with Gasteiger partial charge in [0.1, 0.15) is 12.0 Å². The quantitative estimate of drug-likeness (QED) is 0.489. The van der Waals surface area contributed by atoms with Crippen LogP contribution in [0.3, 0.4) is 0 Å². The number of hydrogen-bond acceptors (Lipinski definition) is 4.